The molecule has 0 saturated heterocycles. The van der Waals surface area contributed by atoms with E-state index in [9.17, 15) is 4.79 Å². The lowest BCUT2D eigenvalue weighted by molar-refractivity contribution is 0.0798. The van der Waals surface area contributed by atoms with Crippen LogP contribution in [0.25, 0.3) is 0 Å². The SMILES string of the molecule is O=Cc1nn2c(c1C1=NC=CCC=C1)COCC2. The minimum atomic E-state index is 0.439. The molecule has 1 aromatic rings. The molecule has 0 radical (unpaired) electrons. The summed E-state index contributed by atoms with van der Waals surface area (Å²) in [5.74, 6) is 0. The first-order valence-electron chi connectivity index (χ1n) is 5.92. The molecule has 0 unspecified atom stereocenters. The van der Waals surface area contributed by atoms with Crippen LogP contribution in [0.2, 0.25) is 0 Å². The van der Waals surface area contributed by atoms with Crippen molar-refractivity contribution in [2.45, 2.75) is 19.6 Å². The highest BCUT2D eigenvalue weighted by molar-refractivity contribution is 6.13. The molecular formula is C13H13N3O2. The molecule has 3 heterocycles. The monoisotopic (exact) mass is 243 g/mol. The van der Waals surface area contributed by atoms with Crippen molar-refractivity contribution in [3.8, 4) is 0 Å². The van der Waals surface area contributed by atoms with E-state index in [0.717, 1.165) is 29.7 Å². The van der Waals surface area contributed by atoms with Crippen LogP contribution < -0.4 is 0 Å². The van der Waals surface area contributed by atoms with Crippen LogP contribution in [0.5, 0.6) is 0 Å². The topological polar surface area (TPSA) is 56.5 Å². The van der Waals surface area contributed by atoms with E-state index in [4.69, 9.17) is 4.74 Å². The summed E-state index contributed by atoms with van der Waals surface area (Å²) in [6, 6.07) is 0. The fraction of sp³-hybridized carbons (Fsp3) is 0.308. The van der Waals surface area contributed by atoms with E-state index >= 15 is 0 Å². The summed E-state index contributed by atoms with van der Waals surface area (Å²) in [6.07, 6.45) is 9.31. The summed E-state index contributed by atoms with van der Waals surface area (Å²) in [5, 5.41) is 4.30. The van der Waals surface area contributed by atoms with Crippen molar-refractivity contribution in [1.82, 2.24) is 9.78 Å². The first-order valence-corrected chi connectivity index (χ1v) is 5.92. The molecule has 3 rings (SSSR count). The van der Waals surface area contributed by atoms with Gasteiger partial charge in [-0.3, -0.25) is 14.5 Å². The number of aromatic nitrogens is 2. The predicted octanol–water partition coefficient (Wildman–Crippen LogP) is 1.49. The Morgan fingerprint density at radius 3 is 3.22 bits per heavy atom. The summed E-state index contributed by atoms with van der Waals surface area (Å²) >= 11 is 0. The Morgan fingerprint density at radius 2 is 2.33 bits per heavy atom. The number of nitrogens with zero attached hydrogens (tertiary/aromatic N) is 3. The largest absolute Gasteiger partial charge is 0.373 e. The summed E-state index contributed by atoms with van der Waals surface area (Å²) in [7, 11) is 0. The number of allylic oxidation sites excluding steroid dienone is 3. The van der Waals surface area contributed by atoms with Crippen molar-refractivity contribution in [3.63, 3.8) is 0 Å². The van der Waals surface area contributed by atoms with E-state index in [1.165, 1.54) is 0 Å². The van der Waals surface area contributed by atoms with Gasteiger partial charge in [0, 0.05) is 6.20 Å². The molecule has 0 atom stereocenters. The van der Waals surface area contributed by atoms with Gasteiger partial charge in [-0.15, -0.1) is 0 Å². The second kappa shape index (κ2) is 4.70. The van der Waals surface area contributed by atoms with Gasteiger partial charge in [0.25, 0.3) is 0 Å². The molecule has 0 aromatic carbocycles. The third kappa shape index (κ3) is 1.82. The number of carbonyl (C=O) groups excluding carboxylic acids is 1. The van der Waals surface area contributed by atoms with Crippen LogP contribution in [0.1, 0.15) is 28.2 Å². The lowest BCUT2D eigenvalue weighted by Crippen LogP contribution is -2.18. The molecule has 0 spiro atoms. The van der Waals surface area contributed by atoms with Crippen molar-refractivity contribution < 1.29 is 9.53 Å². The van der Waals surface area contributed by atoms with E-state index in [1.807, 2.05) is 22.9 Å². The van der Waals surface area contributed by atoms with Gasteiger partial charge in [-0.05, 0) is 12.5 Å². The number of carbonyl (C=O) groups is 1. The number of aldehydes is 1. The third-order valence-corrected chi connectivity index (χ3v) is 3.01. The van der Waals surface area contributed by atoms with Crippen LogP contribution >= 0.6 is 0 Å². The molecule has 5 heteroatoms. The Labute approximate surface area is 104 Å². The number of ether oxygens (including phenoxy) is 1. The van der Waals surface area contributed by atoms with Gasteiger partial charge in [0.05, 0.1) is 36.7 Å². The van der Waals surface area contributed by atoms with E-state index in [-0.39, 0.29) is 0 Å². The Balaban J connectivity index is 2.15. The van der Waals surface area contributed by atoms with Crippen molar-refractivity contribution >= 4 is 12.0 Å². The van der Waals surface area contributed by atoms with Crippen molar-refractivity contribution in [1.29, 1.82) is 0 Å². The smallest absolute Gasteiger partial charge is 0.171 e. The quantitative estimate of drug-likeness (QED) is 0.739. The Hall–Kier alpha value is -2.01. The Morgan fingerprint density at radius 1 is 1.39 bits per heavy atom. The van der Waals surface area contributed by atoms with Crippen molar-refractivity contribution in [2.24, 2.45) is 4.99 Å². The molecule has 0 bridgehead atoms. The van der Waals surface area contributed by atoms with Crippen molar-refractivity contribution in [2.75, 3.05) is 6.61 Å². The highest BCUT2D eigenvalue weighted by Gasteiger charge is 2.23. The summed E-state index contributed by atoms with van der Waals surface area (Å²) in [6.45, 7) is 1.80. The minimum absolute atomic E-state index is 0.439. The van der Waals surface area contributed by atoms with E-state index < -0.39 is 0 Å². The van der Waals surface area contributed by atoms with Gasteiger partial charge in [-0.2, -0.15) is 5.10 Å². The molecule has 1 aromatic heterocycles. The number of fused-ring (bicyclic) bond motifs is 1. The lowest BCUT2D eigenvalue weighted by Gasteiger charge is -2.15. The fourth-order valence-electron chi connectivity index (χ4n) is 2.17. The molecule has 5 nitrogen and oxygen atoms in total. The van der Waals surface area contributed by atoms with Gasteiger partial charge >= 0.3 is 0 Å². The molecule has 0 N–H and O–H groups in total. The predicted molar refractivity (Wildman–Crippen MR) is 66.7 cm³/mol. The van der Waals surface area contributed by atoms with Gasteiger partial charge in [-0.25, -0.2) is 0 Å². The third-order valence-electron chi connectivity index (χ3n) is 3.01. The fourth-order valence-corrected chi connectivity index (χ4v) is 2.17. The second-order valence-electron chi connectivity index (χ2n) is 4.14. The van der Waals surface area contributed by atoms with Crippen LogP contribution in [0.15, 0.2) is 29.4 Å². The average Bonchev–Trinajstić information content (AvgIpc) is 2.59. The summed E-state index contributed by atoms with van der Waals surface area (Å²) < 4.78 is 7.28. The van der Waals surface area contributed by atoms with Gasteiger partial charge in [-0.1, -0.05) is 12.2 Å². The van der Waals surface area contributed by atoms with Crippen LogP contribution in [0.3, 0.4) is 0 Å². The molecule has 0 saturated carbocycles. The molecule has 2 aliphatic rings. The zero-order valence-corrected chi connectivity index (χ0v) is 9.87. The number of hydrogen-bond acceptors (Lipinski definition) is 4. The van der Waals surface area contributed by atoms with Gasteiger partial charge in [0.15, 0.2) is 6.29 Å². The van der Waals surface area contributed by atoms with Gasteiger partial charge < -0.3 is 4.74 Å². The Bertz CT molecular complexity index is 567. The molecule has 0 amide bonds. The van der Waals surface area contributed by atoms with E-state index in [1.54, 1.807) is 6.20 Å². The maximum Gasteiger partial charge on any atom is 0.171 e. The summed E-state index contributed by atoms with van der Waals surface area (Å²) in [5.41, 5.74) is 2.95. The number of rotatable bonds is 2. The van der Waals surface area contributed by atoms with E-state index in [2.05, 4.69) is 10.1 Å². The Kier molecular flexibility index (Phi) is 2.90. The summed E-state index contributed by atoms with van der Waals surface area (Å²) in [4.78, 5) is 15.5. The molecule has 92 valence electrons. The molecule has 0 fully saturated rings. The highest BCUT2D eigenvalue weighted by atomic mass is 16.5. The van der Waals surface area contributed by atoms with Crippen LogP contribution in [0, 0.1) is 0 Å². The maximum atomic E-state index is 11.2. The first-order chi connectivity index (χ1) is 8.90. The number of hydrogen-bond donors (Lipinski definition) is 0. The second-order valence-corrected chi connectivity index (χ2v) is 4.14. The highest BCUT2D eigenvalue weighted by Crippen LogP contribution is 2.20. The maximum absolute atomic E-state index is 11.2. The standard InChI is InChI=1S/C13H13N3O2/c17-8-11-13(10-4-2-1-3-5-14-10)12-9-18-7-6-16(12)15-11/h2-5,8H,1,6-7,9H2. The van der Waals surface area contributed by atoms with E-state index in [0.29, 0.717) is 25.5 Å². The molecule has 2 aliphatic heterocycles. The average molecular weight is 243 g/mol. The van der Waals surface area contributed by atoms with Crippen LogP contribution in [0.4, 0.5) is 0 Å². The number of aliphatic imine (C=N–C) groups is 1. The zero-order chi connectivity index (χ0) is 12.4. The molecular weight excluding hydrogens is 230 g/mol. The van der Waals surface area contributed by atoms with Crippen LogP contribution in [-0.2, 0) is 17.9 Å². The first kappa shape index (κ1) is 11.1. The van der Waals surface area contributed by atoms with Gasteiger partial charge in [0.1, 0.15) is 5.69 Å². The minimum Gasteiger partial charge on any atom is -0.373 e. The van der Waals surface area contributed by atoms with Gasteiger partial charge in [0.2, 0.25) is 0 Å². The lowest BCUT2D eigenvalue weighted by atomic mass is 10.1. The zero-order valence-electron chi connectivity index (χ0n) is 9.87. The normalized spacial score (nSPS) is 18.1. The molecule has 0 aliphatic carbocycles. The van der Waals surface area contributed by atoms with Crippen LogP contribution in [-0.4, -0.2) is 28.4 Å². The van der Waals surface area contributed by atoms with Crippen molar-refractivity contribution in [3.05, 3.63) is 41.4 Å². The molecule has 18 heavy (non-hydrogen) atoms.